The van der Waals surface area contributed by atoms with Crippen LogP contribution in [0.1, 0.15) is 57.8 Å². The first-order valence-electron chi connectivity index (χ1n) is 8.89. The molecular weight excluding hydrogens is 264 g/mol. The molecule has 0 bridgehead atoms. The van der Waals surface area contributed by atoms with Gasteiger partial charge >= 0.3 is 0 Å². The molecule has 0 aromatic heterocycles. The van der Waals surface area contributed by atoms with Gasteiger partial charge in [-0.3, -0.25) is 4.79 Å². The Morgan fingerprint density at radius 2 is 1.76 bits per heavy atom. The van der Waals surface area contributed by atoms with Crippen molar-refractivity contribution in [2.45, 2.75) is 63.8 Å². The fraction of sp³-hybridized carbons (Fsp3) is 0.941. The molecule has 1 amide bonds. The minimum atomic E-state index is 0.263. The lowest BCUT2D eigenvalue weighted by Gasteiger charge is -2.22. The van der Waals surface area contributed by atoms with Gasteiger partial charge in [-0.15, -0.1) is 0 Å². The maximum Gasteiger partial charge on any atom is 0.223 e. The zero-order valence-corrected chi connectivity index (χ0v) is 13.2. The molecule has 4 heteroatoms. The summed E-state index contributed by atoms with van der Waals surface area (Å²) in [6.45, 7) is 3.37. The molecule has 120 valence electrons. The van der Waals surface area contributed by atoms with E-state index in [2.05, 4.69) is 10.6 Å². The molecule has 0 aromatic carbocycles. The van der Waals surface area contributed by atoms with Crippen LogP contribution in [0.3, 0.4) is 0 Å². The van der Waals surface area contributed by atoms with Crippen molar-refractivity contribution in [1.29, 1.82) is 0 Å². The predicted octanol–water partition coefficient (Wildman–Crippen LogP) is 2.23. The average molecular weight is 294 g/mol. The SMILES string of the molecule is O=C(NCCNC1CCCCCC1)C1CC12CCOCC2. The highest BCUT2D eigenvalue weighted by molar-refractivity contribution is 5.82. The van der Waals surface area contributed by atoms with Gasteiger partial charge in [-0.25, -0.2) is 0 Å². The number of ether oxygens (including phenoxy) is 1. The first-order valence-corrected chi connectivity index (χ1v) is 8.89. The fourth-order valence-corrected chi connectivity index (χ4v) is 4.12. The van der Waals surface area contributed by atoms with E-state index in [0.717, 1.165) is 45.6 Å². The third-order valence-electron chi connectivity index (χ3n) is 5.71. The third kappa shape index (κ3) is 3.98. The Morgan fingerprint density at radius 1 is 1.05 bits per heavy atom. The molecule has 2 saturated carbocycles. The van der Waals surface area contributed by atoms with Crippen LogP contribution in [0.25, 0.3) is 0 Å². The molecule has 0 aromatic rings. The van der Waals surface area contributed by atoms with Crippen LogP contribution in [-0.4, -0.2) is 38.3 Å². The summed E-state index contributed by atoms with van der Waals surface area (Å²) in [6.07, 6.45) is 11.3. The van der Waals surface area contributed by atoms with Crippen molar-refractivity contribution >= 4 is 5.91 Å². The van der Waals surface area contributed by atoms with Crippen molar-refractivity contribution in [2.75, 3.05) is 26.3 Å². The van der Waals surface area contributed by atoms with E-state index >= 15 is 0 Å². The number of rotatable bonds is 5. The Labute approximate surface area is 128 Å². The number of nitrogens with one attached hydrogen (secondary N) is 2. The second kappa shape index (κ2) is 7.10. The number of hydrogen-bond donors (Lipinski definition) is 2. The van der Waals surface area contributed by atoms with Crippen LogP contribution in [-0.2, 0) is 9.53 Å². The summed E-state index contributed by atoms with van der Waals surface area (Å²) in [4.78, 5) is 12.2. The second-order valence-corrected chi connectivity index (χ2v) is 7.17. The van der Waals surface area contributed by atoms with E-state index in [1.54, 1.807) is 0 Å². The van der Waals surface area contributed by atoms with Gasteiger partial charge in [-0.1, -0.05) is 25.7 Å². The van der Waals surface area contributed by atoms with Crippen LogP contribution in [0.5, 0.6) is 0 Å². The molecule has 1 aliphatic heterocycles. The van der Waals surface area contributed by atoms with E-state index in [0.29, 0.717) is 11.5 Å². The fourth-order valence-electron chi connectivity index (χ4n) is 4.12. The summed E-state index contributed by atoms with van der Waals surface area (Å²) in [6, 6.07) is 0.673. The van der Waals surface area contributed by atoms with Gasteiger partial charge in [0.1, 0.15) is 0 Å². The smallest absolute Gasteiger partial charge is 0.223 e. The van der Waals surface area contributed by atoms with Crippen LogP contribution < -0.4 is 10.6 Å². The summed E-state index contributed by atoms with van der Waals surface area (Å²) in [7, 11) is 0. The topological polar surface area (TPSA) is 50.4 Å². The summed E-state index contributed by atoms with van der Waals surface area (Å²) in [5, 5.41) is 6.74. The zero-order valence-electron chi connectivity index (χ0n) is 13.2. The lowest BCUT2D eigenvalue weighted by molar-refractivity contribution is -0.123. The van der Waals surface area contributed by atoms with Crippen LogP contribution in [0, 0.1) is 11.3 Å². The molecule has 2 aliphatic carbocycles. The van der Waals surface area contributed by atoms with Gasteiger partial charge in [0, 0.05) is 38.3 Å². The third-order valence-corrected chi connectivity index (χ3v) is 5.71. The minimum Gasteiger partial charge on any atom is -0.381 e. The van der Waals surface area contributed by atoms with Gasteiger partial charge in [-0.05, 0) is 37.5 Å². The quantitative estimate of drug-likeness (QED) is 0.604. The largest absolute Gasteiger partial charge is 0.381 e. The molecule has 1 atom stereocenters. The predicted molar refractivity (Wildman–Crippen MR) is 83.1 cm³/mol. The number of carbonyl (C=O) groups is 1. The summed E-state index contributed by atoms with van der Waals surface area (Å²) >= 11 is 0. The van der Waals surface area contributed by atoms with Gasteiger partial charge in [0.05, 0.1) is 0 Å². The Bertz CT molecular complexity index is 345. The van der Waals surface area contributed by atoms with E-state index < -0.39 is 0 Å². The lowest BCUT2D eigenvalue weighted by atomic mass is 9.93. The maximum atomic E-state index is 12.2. The van der Waals surface area contributed by atoms with E-state index in [1.165, 1.54) is 38.5 Å². The van der Waals surface area contributed by atoms with Gasteiger partial charge in [-0.2, -0.15) is 0 Å². The highest BCUT2D eigenvalue weighted by Gasteiger charge is 2.57. The number of hydrogen-bond acceptors (Lipinski definition) is 3. The zero-order chi connectivity index (χ0) is 14.5. The first-order chi connectivity index (χ1) is 10.3. The van der Waals surface area contributed by atoms with E-state index in [-0.39, 0.29) is 11.8 Å². The summed E-state index contributed by atoms with van der Waals surface area (Å²) in [5.74, 6) is 0.541. The molecular formula is C17H30N2O2. The Morgan fingerprint density at radius 3 is 2.48 bits per heavy atom. The van der Waals surface area contributed by atoms with Crippen LogP contribution in [0.2, 0.25) is 0 Å². The van der Waals surface area contributed by atoms with E-state index in [4.69, 9.17) is 4.74 Å². The molecule has 0 radical (unpaired) electrons. The van der Waals surface area contributed by atoms with Crippen molar-refractivity contribution in [3.05, 3.63) is 0 Å². The monoisotopic (exact) mass is 294 g/mol. The molecule has 3 aliphatic rings. The molecule has 3 rings (SSSR count). The minimum absolute atomic E-state index is 0.263. The molecule has 2 N–H and O–H groups in total. The van der Waals surface area contributed by atoms with Gasteiger partial charge in [0.25, 0.3) is 0 Å². The highest BCUT2D eigenvalue weighted by atomic mass is 16.5. The Kier molecular flexibility index (Phi) is 5.17. The Hall–Kier alpha value is -0.610. The average Bonchev–Trinajstić information content (AvgIpc) is 3.25. The number of carbonyl (C=O) groups excluding carboxylic acids is 1. The molecule has 1 unspecified atom stereocenters. The van der Waals surface area contributed by atoms with Gasteiger partial charge < -0.3 is 15.4 Å². The van der Waals surface area contributed by atoms with Crippen LogP contribution >= 0.6 is 0 Å². The molecule has 3 fully saturated rings. The second-order valence-electron chi connectivity index (χ2n) is 7.17. The van der Waals surface area contributed by atoms with Gasteiger partial charge in [0.2, 0.25) is 5.91 Å². The molecule has 4 nitrogen and oxygen atoms in total. The van der Waals surface area contributed by atoms with Crippen molar-refractivity contribution in [2.24, 2.45) is 11.3 Å². The van der Waals surface area contributed by atoms with Crippen molar-refractivity contribution < 1.29 is 9.53 Å². The van der Waals surface area contributed by atoms with Crippen molar-refractivity contribution in [1.82, 2.24) is 10.6 Å². The first kappa shape index (κ1) is 15.3. The van der Waals surface area contributed by atoms with Crippen molar-refractivity contribution in [3.8, 4) is 0 Å². The normalized spacial score (nSPS) is 29.0. The standard InChI is InChI=1S/C17H30N2O2/c20-16(15-13-17(15)7-11-21-12-8-17)19-10-9-18-14-5-3-1-2-4-6-14/h14-15,18H,1-13H2,(H,19,20). The highest BCUT2D eigenvalue weighted by Crippen LogP contribution is 2.59. The molecule has 1 saturated heterocycles. The van der Waals surface area contributed by atoms with Crippen LogP contribution in [0.4, 0.5) is 0 Å². The molecule has 1 spiro atoms. The van der Waals surface area contributed by atoms with Gasteiger partial charge in [0.15, 0.2) is 0 Å². The van der Waals surface area contributed by atoms with Crippen molar-refractivity contribution in [3.63, 3.8) is 0 Å². The maximum absolute atomic E-state index is 12.2. The summed E-state index contributed by atoms with van der Waals surface area (Å²) < 4.78 is 5.41. The molecule has 21 heavy (non-hydrogen) atoms. The number of amides is 1. The van der Waals surface area contributed by atoms with E-state index in [1.807, 2.05) is 0 Å². The summed E-state index contributed by atoms with van der Waals surface area (Å²) in [5.41, 5.74) is 0.303. The molecule has 1 heterocycles. The van der Waals surface area contributed by atoms with E-state index in [9.17, 15) is 4.79 Å². The Balaban J connectivity index is 1.30. The van der Waals surface area contributed by atoms with Crippen LogP contribution in [0.15, 0.2) is 0 Å². The lowest BCUT2D eigenvalue weighted by Crippen LogP contribution is -2.38.